The molecule has 0 saturated heterocycles. The molecule has 0 bridgehead atoms. The van der Waals surface area contributed by atoms with Gasteiger partial charge in [0.25, 0.3) is 0 Å². The maximum Gasteiger partial charge on any atom is 0.216 e. The number of aromatic nitrogens is 2. The molecule has 0 aromatic carbocycles. The van der Waals surface area contributed by atoms with Crippen LogP contribution in [-0.2, 0) is 6.42 Å². The molecule has 17 heavy (non-hydrogen) atoms. The van der Waals surface area contributed by atoms with Crippen molar-refractivity contribution in [1.29, 1.82) is 0 Å². The largest absolute Gasteiger partial charge is 0.481 e. The Hall–Kier alpha value is -1.16. The first kappa shape index (κ1) is 12.3. The van der Waals surface area contributed by atoms with Crippen molar-refractivity contribution in [2.45, 2.75) is 44.6 Å². The van der Waals surface area contributed by atoms with Crippen LogP contribution in [0.2, 0.25) is 0 Å². The van der Waals surface area contributed by atoms with Gasteiger partial charge in [0.15, 0.2) is 0 Å². The summed E-state index contributed by atoms with van der Waals surface area (Å²) in [7, 11) is 1.58. The van der Waals surface area contributed by atoms with Crippen LogP contribution in [0.25, 0.3) is 0 Å². The third-order valence-corrected chi connectivity index (χ3v) is 3.43. The fraction of sp³-hybridized carbons (Fsp3) is 0.692. The maximum absolute atomic E-state index is 10.0. The number of methoxy groups -OCH3 is 1. The van der Waals surface area contributed by atoms with Gasteiger partial charge >= 0.3 is 0 Å². The summed E-state index contributed by atoms with van der Waals surface area (Å²) in [5.41, 5.74) is 0.849. The van der Waals surface area contributed by atoms with E-state index in [1.165, 1.54) is 32.0 Å². The Morgan fingerprint density at radius 1 is 1.41 bits per heavy atom. The SMILES string of the molecule is COc1cc(CC(O)CC2CCCC2)ncn1. The van der Waals surface area contributed by atoms with Crippen molar-refractivity contribution in [2.75, 3.05) is 7.11 Å². The molecule has 1 unspecified atom stereocenters. The predicted octanol–water partition coefficient (Wildman–Crippen LogP) is 1.97. The van der Waals surface area contributed by atoms with Crippen molar-refractivity contribution in [3.8, 4) is 5.88 Å². The minimum atomic E-state index is -0.294. The highest BCUT2D eigenvalue weighted by Crippen LogP contribution is 2.29. The Kier molecular flexibility index (Phi) is 4.31. The van der Waals surface area contributed by atoms with Crippen LogP contribution >= 0.6 is 0 Å². The second-order valence-electron chi connectivity index (χ2n) is 4.80. The molecule has 1 aromatic heterocycles. The number of aliphatic hydroxyl groups excluding tert-OH is 1. The fourth-order valence-electron chi connectivity index (χ4n) is 2.56. The van der Waals surface area contributed by atoms with E-state index in [2.05, 4.69) is 9.97 Å². The smallest absolute Gasteiger partial charge is 0.216 e. The molecule has 1 fully saturated rings. The van der Waals surface area contributed by atoms with Crippen molar-refractivity contribution in [3.05, 3.63) is 18.1 Å². The first-order valence-corrected chi connectivity index (χ1v) is 6.31. The number of aliphatic hydroxyl groups is 1. The molecule has 4 nitrogen and oxygen atoms in total. The molecule has 1 N–H and O–H groups in total. The lowest BCUT2D eigenvalue weighted by Crippen LogP contribution is -2.15. The Morgan fingerprint density at radius 2 is 2.18 bits per heavy atom. The van der Waals surface area contributed by atoms with Gasteiger partial charge in [0.05, 0.1) is 18.9 Å². The third kappa shape index (κ3) is 3.66. The zero-order valence-corrected chi connectivity index (χ0v) is 10.3. The molecule has 1 saturated carbocycles. The lowest BCUT2D eigenvalue weighted by atomic mass is 9.97. The van der Waals surface area contributed by atoms with Gasteiger partial charge in [-0.05, 0) is 12.3 Å². The van der Waals surface area contributed by atoms with Crippen molar-refractivity contribution in [3.63, 3.8) is 0 Å². The third-order valence-electron chi connectivity index (χ3n) is 3.43. The van der Waals surface area contributed by atoms with Crippen LogP contribution in [0.1, 0.15) is 37.8 Å². The normalized spacial score (nSPS) is 18.2. The molecule has 0 radical (unpaired) electrons. The summed E-state index contributed by atoms with van der Waals surface area (Å²) in [6, 6.07) is 1.79. The van der Waals surface area contributed by atoms with E-state index < -0.39 is 0 Å². The minimum absolute atomic E-state index is 0.294. The fourth-order valence-corrected chi connectivity index (χ4v) is 2.56. The standard InChI is InChI=1S/C13H20N2O2/c1-17-13-8-11(14-9-15-13)7-12(16)6-10-4-2-3-5-10/h8-10,12,16H,2-7H2,1H3. The van der Waals surface area contributed by atoms with Crippen LogP contribution in [0.5, 0.6) is 5.88 Å². The van der Waals surface area contributed by atoms with E-state index in [1.54, 1.807) is 13.2 Å². The highest BCUT2D eigenvalue weighted by atomic mass is 16.5. The van der Waals surface area contributed by atoms with Crippen LogP contribution in [0.4, 0.5) is 0 Å². The summed E-state index contributed by atoms with van der Waals surface area (Å²) in [4.78, 5) is 8.10. The van der Waals surface area contributed by atoms with E-state index >= 15 is 0 Å². The van der Waals surface area contributed by atoms with E-state index in [-0.39, 0.29) is 6.10 Å². The highest BCUT2D eigenvalue weighted by Gasteiger charge is 2.19. The van der Waals surface area contributed by atoms with Crippen molar-refractivity contribution in [2.24, 2.45) is 5.92 Å². The Labute approximate surface area is 102 Å². The second kappa shape index (κ2) is 5.96. The molecule has 1 aromatic rings. The molecule has 0 spiro atoms. The zero-order chi connectivity index (χ0) is 12.1. The lowest BCUT2D eigenvalue weighted by molar-refractivity contribution is 0.142. The van der Waals surface area contributed by atoms with Gasteiger partial charge in [0.2, 0.25) is 5.88 Å². The lowest BCUT2D eigenvalue weighted by Gasteiger charge is -2.14. The van der Waals surface area contributed by atoms with E-state index in [9.17, 15) is 5.11 Å². The van der Waals surface area contributed by atoms with Crippen molar-refractivity contribution in [1.82, 2.24) is 9.97 Å². The molecule has 2 rings (SSSR count). The molecular formula is C13H20N2O2. The molecule has 0 amide bonds. The number of hydrogen-bond donors (Lipinski definition) is 1. The summed E-state index contributed by atoms with van der Waals surface area (Å²) in [5, 5.41) is 10.0. The number of hydrogen-bond acceptors (Lipinski definition) is 4. The van der Waals surface area contributed by atoms with E-state index in [0.29, 0.717) is 18.2 Å². The number of rotatable bonds is 5. The van der Waals surface area contributed by atoms with E-state index in [4.69, 9.17) is 4.74 Å². The Bertz CT molecular complexity index is 351. The summed E-state index contributed by atoms with van der Waals surface area (Å²) in [6.45, 7) is 0. The monoisotopic (exact) mass is 236 g/mol. The van der Waals surface area contributed by atoms with Crippen LogP contribution in [0.15, 0.2) is 12.4 Å². The summed E-state index contributed by atoms with van der Waals surface area (Å²) >= 11 is 0. The van der Waals surface area contributed by atoms with Crippen LogP contribution in [0.3, 0.4) is 0 Å². The van der Waals surface area contributed by atoms with Gasteiger partial charge < -0.3 is 9.84 Å². The van der Waals surface area contributed by atoms with E-state index in [0.717, 1.165) is 12.1 Å². The van der Waals surface area contributed by atoms with Gasteiger partial charge in [0, 0.05) is 12.5 Å². The highest BCUT2D eigenvalue weighted by molar-refractivity contribution is 5.13. The van der Waals surface area contributed by atoms with Crippen LogP contribution in [0, 0.1) is 5.92 Å². The Morgan fingerprint density at radius 3 is 2.88 bits per heavy atom. The van der Waals surface area contributed by atoms with Gasteiger partial charge in [-0.15, -0.1) is 0 Å². The first-order chi connectivity index (χ1) is 8.28. The molecule has 1 atom stereocenters. The zero-order valence-electron chi connectivity index (χ0n) is 10.3. The summed E-state index contributed by atoms with van der Waals surface area (Å²) < 4.78 is 5.04. The average Bonchev–Trinajstić information content (AvgIpc) is 2.82. The quantitative estimate of drug-likeness (QED) is 0.849. The van der Waals surface area contributed by atoms with Crippen molar-refractivity contribution >= 4 is 0 Å². The minimum Gasteiger partial charge on any atom is -0.481 e. The van der Waals surface area contributed by atoms with Gasteiger partial charge in [-0.1, -0.05) is 25.7 Å². The molecule has 94 valence electrons. The van der Waals surface area contributed by atoms with Gasteiger partial charge in [-0.2, -0.15) is 0 Å². The Balaban J connectivity index is 1.85. The molecule has 1 heterocycles. The molecular weight excluding hydrogens is 216 g/mol. The second-order valence-corrected chi connectivity index (χ2v) is 4.80. The number of ether oxygens (including phenoxy) is 1. The topological polar surface area (TPSA) is 55.2 Å². The average molecular weight is 236 g/mol. The molecule has 1 aliphatic rings. The van der Waals surface area contributed by atoms with Crippen LogP contribution < -0.4 is 4.74 Å². The maximum atomic E-state index is 10.0. The van der Waals surface area contributed by atoms with Crippen LogP contribution in [-0.4, -0.2) is 28.3 Å². The number of nitrogens with zero attached hydrogens (tertiary/aromatic N) is 2. The molecule has 1 aliphatic carbocycles. The van der Waals surface area contributed by atoms with E-state index in [1.807, 2.05) is 0 Å². The van der Waals surface area contributed by atoms with Gasteiger partial charge in [0.1, 0.15) is 6.33 Å². The van der Waals surface area contributed by atoms with Crippen molar-refractivity contribution < 1.29 is 9.84 Å². The summed E-state index contributed by atoms with van der Waals surface area (Å²) in [5.74, 6) is 1.26. The summed E-state index contributed by atoms with van der Waals surface area (Å²) in [6.07, 6.45) is 7.85. The van der Waals surface area contributed by atoms with Gasteiger partial charge in [-0.25, -0.2) is 9.97 Å². The molecule has 0 aliphatic heterocycles. The first-order valence-electron chi connectivity index (χ1n) is 6.31. The molecule has 4 heteroatoms. The van der Waals surface area contributed by atoms with Gasteiger partial charge in [-0.3, -0.25) is 0 Å². The predicted molar refractivity (Wildman–Crippen MR) is 64.9 cm³/mol.